The minimum atomic E-state index is -4.51. The molecular formula is C22H18F3NO4S. The van der Waals surface area contributed by atoms with Gasteiger partial charge in [0.1, 0.15) is 0 Å². The third-order valence-electron chi connectivity index (χ3n) is 4.61. The van der Waals surface area contributed by atoms with Crippen LogP contribution in [0.4, 0.5) is 18.9 Å². The van der Waals surface area contributed by atoms with Gasteiger partial charge in [-0.1, -0.05) is 36.4 Å². The molecule has 0 unspecified atom stereocenters. The lowest BCUT2D eigenvalue weighted by Gasteiger charge is -2.14. The molecule has 0 spiro atoms. The number of hydrogen-bond acceptors (Lipinski definition) is 4. The number of sulfonamides is 1. The van der Waals surface area contributed by atoms with Crippen LogP contribution in [-0.4, -0.2) is 21.5 Å². The van der Waals surface area contributed by atoms with E-state index in [-0.39, 0.29) is 21.7 Å². The molecule has 0 saturated carbocycles. The predicted molar refractivity (Wildman–Crippen MR) is 110 cm³/mol. The van der Waals surface area contributed by atoms with Gasteiger partial charge in [-0.25, -0.2) is 13.2 Å². The number of alkyl halides is 3. The molecule has 0 radical (unpaired) electrons. The molecular weight excluding hydrogens is 431 g/mol. The molecule has 31 heavy (non-hydrogen) atoms. The molecule has 5 nitrogen and oxygen atoms in total. The van der Waals surface area contributed by atoms with Crippen molar-refractivity contribution in [2.24, 2.45) is 0 Å². The normalized spacial score (nSPS) is 11.8. The summed E-state index contributed by atoms with van der Waals surface area (Å²) in [6, 6.07) is 14.7. The van der Waals surface area contributed by atoms with Crippen LogP contribution >= 0.6 is 0 Å². The van der Waals surface area contributed by atoms with E-state index in [9.17, 15) is 26.4 Å². The number of halogens is 3. The highest BCUT2D eigenvalue weighted by Gasteiger charge is 2.33. The SMILES string of the molecule is COC(=O)c1cc(S(=O)(=O)Nc2ccc(-c3ccccc3C(F)(F)F)cc2)ccc1C. The Morgan fingerprint density at radius 2 is 1.61 bits per heavy atom. The number of nitrogens with one attached hydrogen (secondary N) is 1. The Hall–Kier alpha value is -3.33. The van der Waals surface area contributed by atoms with E-state index in [0.717, 1.165) is 6.07 Å². The van der Waals surface area contributed by atoms with Gasteiger partial charge in [-0.05, 0) is 53.9 Å². The van der Waals surface area contributed by atoms with Crippen molar-refractivity contribution in [3.05, 3.63) is 83.4 Å². The number of ether oxygens (including phenoxy) is 1. The molecule has 0 amide bonds. The molecule has 162 valence electrons. The first-order chi connectivity index (χ1) is 14.5. The van der Waals surface area contributed by atoms with E-state index in [0.29, 0.717) is 11.1 Å². The number of benzene rings is 3. The van der Waals surface area contributed by atoms with Crippen molar-refractivity contribution in [3.63, 3.8) is 0 Å². The molecule has 0 aromatic heterocycles. The summed E-state index contributed by atoms with van der Waals surface area (Å²) in [5.74, 6) is -0.665. The molecule has 0 saturated heterocycles. The van der Waals surface area contributed by atoms with Crippen LogP contribution < -0.4 is 4.72 Å². The largest absolute Gasteiger partial charge is 0.465 e. The monoisotopic (exact) mass is 449 g/mol. The maximum absolute atomic E-state index is 13.2. The molecule has 3 aromatic carbocycles. The van der Waals surface area contributed by atoms with E-state index in [1.54, 1.807) is 6.92 Å². The molecule has 0 bridgehead atoms. The fourth-order valence-electron chi connectivity index (χ4n) is 3.01. The molecule has 9 heteroatoms. The second-order valence-electron chi connectivity index (χ2n) is 6.69. The van der Waals surface area contributed by atoms with Crippen LogP contribution in [0.5, 0.6) is 0 Å². The molecule has 0 aliphatic rings. The van der Waals surface area contributed by atoms with Crippen molar-refractivity contribution in [2.75, 3.05) is 11.8 Å². The molecule has 0 aliphatic carbocycles. The van der Waals surface area contributed by atoms with Crippen molar-refractivity contribution < 1.29 is 31.1 Å². The topological polar surface area (TPSA) is 72.5 Å². The van der Waals surface area contributed by atoms with Gasteiger partial charge in [0.2, 0.25) is 0 Å². The number of rotatable bonds is 5. The zero-order valence-electron chi connectivity index (χ0n) is 16.5. The Balaban J connectivity index is 1.89. The smallest absolute Gasteiger partial charge is 0.417 e. The lowest BCUT2D eigenvalue weighted by molar-refractivity contribution is -0.137. The van der Waals surface area contributed by atoms with Crippen molar-refractivity contribution in [1.82, 2.24) is 0 Å². The van der Waals surface area contributed by atoms with Crippen LogP contribution in [0.1, 0.15) is 21.5 Å². The Morgan fingerprint density at radius 3 is 2.23 bits per heavy atom. The number of anilines is 1. The van der Waals surface area contributed by atoms with Gasteiger partial charge in [0.05, 0.1) is 23.1 Å². The summed E-state index contributed by atoms with van der Waals surface area (Å²) in [5.41, 5.74) is 0.333. The summed E-state index contributed by atoms with van der Waals surface area (Å²) in [6.45, 7) is 1.65. The van der Waals surface area contributed by atoms with E-state index in [2.05, 4.69) is 9.46 Å². The maximum atomic E-state index is 13.2. The van der Waals surface area contributed by atoms with Crippen molar-refractivity contribution in [3.8, 4) is 11.1 Å². The number of carbonyl (C=O) groups is 1. The number of carbonyl (C=O) groups excluding carboxylic acids is 1. The minimum Gasteiger partial charge on any atom is -0.465 e. The molecule has 3 aromatic rings. The summed E-state index contributed by atoms with van der Waals surface area (Å²) in [7, 11) is -2.85. The van der Waals surface area contributed by atoms with Crippen LogP contribution in [-0.2, 0) is 20.9 Å². The van der Waals surface area contributed by atoms with Crippen molar-refractivity contribution in [2.45, 2.75) is 18.0 Å². The molecule has 0 atom stereocenters. The lowest BCUT2D eigenvalue weighted by Crippen LogP contribution is -2.14. The van der Waals surface area contributed by atoms with E-state index >= 15 is 0 Å². The summed E-state index contributed by atoms with van der Waals surface area (Å²) < 4.78 is 72.2. The molecule has 0 fully saturated rings. The van der Waals surface area contributed by atoms with Gasteiger partial charge in [0.25, 0.3) is 10.0 Å². The van der Waals surface area contributed by atoms with Gasteiger partial charge in [-0.2, -0.15) is 13.2 Å². The first-order valence-corrected chi connectivity index (χ1v) is 10.5. The van der Waals surface area contributed by atoms with Crippen LogP contribution in [0.15, 0.2) is 71.6 Å². The van der Waals surface area contributed by atoms with Crippen LogP contribution in [0, 0.1) is 6.92 Å². The predicted octanol–water partition coefficient (Wildman–Crippen LogP) is 5.27. The molecule has 0 heterocycles. The van der Waals surface area contributed by atoms with Gasteiger partial charge in [-0.3, -0.25) is 4.72 Å². The van der Waals surface area contributed by atoms with Gasteiger partial charge in [0, 0.05) is 5.69 Å². The highest BCUT2D eigenvalue weighted by molar-refractivity contribution is 7.92. The second-order valence-corrected chi connectivity index (χ2v) is 8.38. The van der Waals surface area contributed by atoms with E-state index < -0.39 is 27.7 Å². The first kappa shape index (κ1) is 22.4. The van der Waals surface area contributed by atoms with E-state index in [1.807, 2.05) is 0 Å². The van der Waals surface area contributed by atoms with Gasteiger partial charge in [-0.15, -0.1) is 0 Å². The fraction of sp³-hybridized carbons (Fsp3) is 0.136. The standard InChI is InChI=1S/C22H18F3NO4S/c1-14-7-12-17(13-19(14)21(27)30-2)31(28,29)26-16-10-8-15(9-11-16)18-5-3-4-6-20(18)22(23,24)25/h3-13,26H,1-2H3. The third kappa shape index (κ3) is 4.88. The zero-order valence-corrected chi connectivity index (χ0v) is 17.3. The van der Waals surface area contributed by atoms with E-state index in [4.69, 9.17) is 0 Å². The second kappa shape index (κ2) is 8.43. The lowest BCUT2D eigenvalue weighted by atomic mass is 9.99. The Bertz CT molecular complexity index is 1220. The van der Waals surface area contributed by atoms with Crippen LogP contribution in [0.25, 0.3) is 11.1 Å². The van der Waals surface area contributed by atoms with Crippen molar-refractivity contribution in [1.29, 1.82) is 0 Å². The van der Waals surface area contributed by atoms with Gasteiger partial charge in [0.15, 0.2) is 0 Å². The maximum Gasteiger partial charge on any atom is 0.417 e. The Kier molecular flexibility index (Phi) is 6.08. The highest BCUT2D eigenvalue weighted by Crippen LogP contribution is 2.37. The average molecular weight is 449 g/mol. The first-order valence-electron chi connectivity index (χ1n) is 9.01. The quantitative estimate of drug-likeness (QED) is 0.539. The molecule has 0 aliphatic heterocycles. The van der Waals surface area contributed by atoms with Gasteiger partial charge < -0.3 is 4.74 Å². The number of methoxy groups -OCH3 is 1. The fourth-order valence-corrected chi connectivity index (χ4v) is 4.10. The Morgan fingerprint density at radius 1 is 0.968 bits per heavy atom. The summed E-state index contributed by atoms with van der Waals surface area (Å²) in [5, 5.41) is 0. The minimum absolute atomic E-state index is 0.00865. The number of aryl methyl sites for hydroxylation is 1. The summed E-state index contributed by atoms with van der Waals surface area (Å²) in [4.78, 5) is 11.7. The third-order valence-corrected chi connectivity index (χ3v) is 5.98. The molecule has 1 N–H and O–H groups in total. The zero-order chi connectivity index (χ0) is 22.8. The Labute approximate surface area is 177 Å². The number of esters is 1. The molecule has 3 rings (SSSR count). The highest BCUT2D eigenvalue weighted by atomic mass is 32.2. The van der Waals surface area contributed by atoms with E-state index in [1.165, 1.54) is 67.8 Å². The summed E-state index contributed by atoms with van der Waals surface area (Å²) in [6.07, 6.45) is -4.51. The average Bonchev–Trinajstić information content (AvgIpc) is 2.73. The van der Waals surface area contributed by atoms with Crippen LogP contribution in [0.3, 0.4) is 0 Å². The van der Waals surface area contributed by atoms with Gasteiger partial charge >= 0.3 is 12.1 Å². The van der Waals surface area contributed by atoms with Crippen LogP contribution in [0.2, 0.25) is 0 Å². The summed E-state index contributed by atoms with van der Waals surface area (Å²) >= 11 is 0. The number of hydrogen-bond donors (Lipinski definition) is 1. The van der Waals surface area contributed by atoms with Crippen molar-refractivity contribution >= 4 is 21.7 Å².